The molecule has 1 amide bonds. The summed E-state index contributed by atoms with van der Waals surface area (Å²) < 4.78 is 0. The van der Waals surface area contributed by atoms with Crippen LogP contribution in [0, 0.1) is 0 Å². The average molecular weight is 290 g/mol. The third-order valence-electron chi connectivity index (χ3n) is 3.52. The van der Waals surface area contributed by atoms with E-state index in [1.54, 1.807) is 18.2 Å². The smallest absolute Gasteiger partial charge is 0.227 e. The van der Waals surface area contributed by atoms with Crippen molar-refractivity contribution in [3.63, 3.8) is 0 Å². The van der Waals surface area contributed by atoms with Crippen LogP contribution in [-0.4, -0.2) is 32.0 Å². The largest absolute Gasteiger partial charge is 0.389 e. The van der Waals surface area contributed by atoms with E-state index in [9.17, 15) is 9.90 Å². The van der Waals surface area contributed by atoms with E-state index >= 15 is 0 Å². The number of amides is 1. The first-order valence-electron chi connectivity index (χ1n) is 7.39. The molecule has 6 nitrogen and oxygen atoms in total. The molecule has 1 aromatic heterocycles. The van der Waals surface area contributed by atoms with Gasteiger partial charge in [0.05, 0.1) is 12.0 Å². The Morgan fingerprint density at radius 1 is 1.24 bits per heavy atom. The van der Waals surface area contributed by atoms with Gasteiger partial charge in [-0.25, -0.2) is 0 Å². The van der Waals surface area contributed by atoms with Crippen LogP contribution in [0.5, 0.6) is 0 Å². The molecule has 21 heavy (non-hydrogen) atoms. The van der Waals surface area contributed by atoms with Gasteiger partial charge in [-0.05, 0) is 31.0 Å². The quantitative estimate of drug-likeness (QED) is 0.731. The number of aliphatic hydroxyl groups is 1. The molecule has 0 saturated heterocycles. The Hall–Kier alpha value is -1.95. The van der Waals surface area contributed by atoms with Crippen LogP contribution in [0.3, 0.4) is 0 Å². The van der Waals surface area contributed by atoms with Gasteiger partial charge in [-0.1, -0.05) is 26.7 Å². The summed E-state index contributed by atoms with van der Waals surface area (Å²) in [5.41, 5.74) is 1.20. The van der Waals surface area contributed by atoms with Gasteiger partial charge in [0.1, 0.15) is 11.0 Å². The first-order valence-corrected chi connectivity index (χ1v) is 7.39. The molecule has 0 aliphatic rings. The minimum absolute atomic E-state index is 0.117. The Labute approximate surface area is 123 Å². The summed E-state index contributed by atoms with van der Waals surface area (Å²) in [6.07, 6.45) is 3.10. The summed E-state index contributed by atoms with van der Waals surface area (Å²) in [5, 5.41) is 23.8. The Balaban J connectivity index is 2.02. The van der Waals surface area contributed by atoms with Gasteiger partial charge in [-0.2, -0.15) is 15.4 Å². The number of aromatic nitrogens is 3. The second kappa shape index (κ2) is 6.67. The van der Waals surface area contributed by atoms with E-state index in [4.69, 9.17) is 0 Å². The topological polar surface area (TPSA) is 90.9 Å². The predicted octanol–water partition coefficient (Wildman–Crippen LogP) is 2.62. The second-order valence-corrected chi connectivity index (χ2v) is 5.48. The van der Waals surface area contributed by atoms with Crippen molar-refractivity contribution in [1.29, 1.82) is 0 Å². The highest BCUT2D eigenvalue weighted by atomic mass is 16.3. The lowest BCUT2D eigenvalue weighted by atomic mass is 9.89. The number of H-pyrrole nitrogens is 1. The molecule has 114 valence electrons. The van der Waals surface area contributed by atoms with Crippen LogP contribution in [0.15, 0.2) is 18.2 Å². The van der Waals surface area contributed by atoms with Crippen LogP contribution in [0.1, 0.15) is 46.0 Å². The number of rotatable bonds is 7. The SMILES string of the molecule is CCCC(O)(CCC)CC(=O)Nc1ccc2n[nH]nc2c1. The summed E-state index contributed by atoms with van der Waals surface area (Å²) in [7, 11) is 0. The monoisotopic (exact) mass is 290 g/mol. The number of carbonyl (C=O) groups is 1. The van der Waals surface area contributed by atoms with Crippen molar-refractivity contribution < 1.29 is 9.90 Å². The van der Waals surface area contributed by atoms with Crippen molar-refractivity contribution in [2.24, 2.45) is 0 Å². The molecule has 3 N–H and O–H groups in total. The Morgan fingerprint density at radius 3 is 2.57 bits per heavy atom. The highest BCUT2D eigenvalue weighted by Gasteiger charge is 2.28. The van der Waals surface area contributed by atoms with Gasteiger partial charge in [0, 0.05) is 5.69 Å². The molecule has 1 heterocycles. The van der Waals surface area contributed by atoms with Crippen molar-refractivity contribution >= 4 is 22.6 Å². The van der Waals surface area contributed by atoms with E-state index in [1.165, 1.54) is 0 Å². The molecule has 0 aliphatic heterocycles. The molecule has 6 heteroatoms. The van der Waals surface area contributed by atoms with Crippen molar-refractivity contribution in [2.75, 3.05) is 5.32 Å². The Kier molecular flexibility index (Phi) is 4.90. The molecular weight excluding hydrogens is 268 g/mol. The number of nitrogens with one attached hydrogen (secondary N) is 2. The molecular formula is C15H22N4O2. The maximum absolute atomic E-state index is 12.1. The fraction of sp³-hybridized carbons (Fsp3) is 0.533. The molecule has 0 spiro atoms. The molecule has 0 saturated carbocycles. The van der Waals surface area contributed by atoms with E-state index in [2.05, 4.69) is 20.7 Å². The normalized spacial score (nSPS) is 11.8. The van der Waals surface area contributed by atoms with E-state index in [1.807, 2.05) is 13.8 Å². The first kappa shape index (κ1) is 15.4. The average Bonchev–Trinajstić information content (AvgIpc) is 2.86. The lowest BCUT2D eigenvalue weighted by Crippen LogP contribution is -2.33. The lowest BCUT2D eigenvalue weighted by molar-refractivity contribution is -0.121. The molecule has 0 unspecified atom stereocenters. The van der Waals surface area contributed by atoms with Crippen LogP contribution in [0.4, 0.5) is 5.69 Å². The zero-order valence-corrected chi connectivity index (χ0v) is 12.5. The summed E-state index contributed by atoms with van der Waals surface area (Å²) in [6.45, 7) is 4.02. The van der Waals surface area contributed by atoms with Crippen molar-refractivity contribution in [3.8, 4) is 0 Å². The van der Waals surface area contributed by atoms with Crippen molar-refractivity contribution in [1.82, 2.24) is 15.4 Å². The van der Waals surface area contributed by atoms with E-state index in [-0.39, 0.29) is 12.3 Å². The standard InChI is InChI=1S/C15H22N4O2/c1-3-7-15(21,8-4-2)10-14(20)16-11-5-6-12-13(9-11)18-19-17-12/h5-6,9,21H,3-4,7-8,10H2,1-2H3,(H,16,20)(H,17,18,19). The van der Waals surface area contributed by atoms with Crippen LogP contribution in [0.2, 0.25) is 0 Å². The number of fused-ring (bicyclic) bond motifs is 1. The highest BCUT2D eigenvalue weighted by molar-refractivity contribution is 5.93. The van der Waals surface area contributed by atoms with Crippen molar-refractivity contribution in [2.45, 2.75) is 51.6 Å². The van der Waals surface area contributed by atoms with Crippen LogP contribution in [-0.2, 0) is 4.79 Å². The minimum atomic E-state index is -0.911. The van der Waals surface area contributed by atoms with Gasteiger partial charge >= 0.3 is 0 Å². The van der Waals surface area contributed by atoms with Crippen LogP contribution < -0.4 is 5.32 Å². The van der Waals surface area contributed by atoms with Crippen LogP contribution >= 0.6 is 0 Å². The molecule has 2 aromatic rings. The van der Waals surface area contributed by atoms with Gasteiger partial charge in [0.2, 0.25) is 5.91 Å². The number of benzene rings is 1. The molecule has 1 aromatic carbocycles. The molecule has 0 aliphatic carbocycles. The fourth-order valence-corrected chi connectivity index (χ4v) is 2.65. The summed E-state index contributed by atoms with van der Waals surface area (Å²) >= 11 is 0. The lowest BCUT2D eigenvalue weighted by Gasteiger charge is -2.26. The maximum atomic E-state index is 12.1. The zero-order chi connectivity index (χ0) is 15.3. The zero-order valence-electron chi connectivity index (χ0n) is 12.5. The van der Waals surface area contributed by atoms with Crippen molar-refractivity contribution in [3.05, 3.63) is 18.2 Å². The first-order chi connectivity index (χ1) is 10.1. The summed E-state index contributed by atoms with van der Waals surface area (Å²) in [6, 6.07) is 5.33. The number of carbonyl (C=O) groups excluding carboxylic acids is 1. The number of aromatic amines is 1. The van der Waals surface area contributed by atoms with E-state index in [0.717, 1.165) is 18.4 Å². The highest BCUT2D eigenvalue weighted by Crippen LogP contribution is 2.24. The third-order valence-corrected chi connectivity index (χ3v) is 3.52. The number of nitrogens with zero attached hydrogens (tertiary/aromatic N) is 2. The number of anilines is 1. The maximum Gasteiger partial charge on any atom is 0.227 e. The molecule has 0 atom stereocenters. The predicted molar refractivity (Wildman–Crippen MR) is 81.9 cm³/mol. The van der Waals surface area contributed by atoms with Crippen LogP contribution in [0.25, 0.3) is 11.0 Å². The van der Waals surface area contributed by atoms with E-state index in [0.29, 0.717) is 24.0 Å². The molecule has 0 radical (unpaired) electrons. The van der Waals surface area contributed by atoms with Gasteiger partial charge in [0.25, 0.3) is 0 Å². The van der Waals surface area contributed by atoms with Gasteiger partial charge < -0.3 is 10.4 Å². The van der Waals surface area contributed by atoms with Gasteiger partial charge in [-0.15, -0.1) is 0 Å². The number of hydrogen-bond donors (Lipinski definition) is 3. The molecule has 0 fully saturated rings. The second-order valence-electron chi connectivity index (χ2n) is 5.48. The molecule has 0 bridgehead atoms. The van der Waals surface area contributed by atoms with Gasteiger partial charge in [0.15, 0.2) is 0 Å². The Bertz CT molecular complexity index is 602. The summed E-state index contributed by atoms with van der Waals surface area (Å²) in [5.74, 6) is -0.178. The molecule has 2 rings (SSSR count). The number of hydrogen-bond acceptors (Lipinski definition) is 4. The third kappa shape index (κ3) is 4.01. The minimum Gasteiger partial charge on any atom is -0.389 e. The summed E-state index contributed by atoms with van der Waals surface area (Å²) in [4.78, 5) is 12.1. The van der Waals surface area contributed by atoms with E-state index < -0.39 is 5.60 Å². The fourth-order valence-electron chi connectivity index (χ4n) is 2.65. The van der Waals surface area contributed by atoms with Gasteiger partial charge in [-0.3, -0.25) is 4.79 Å². The Morgan fingerprint density at radius 2 is 1.90 bits per heavy atom.